The molecule has 6 nitrogen and oxygen atoms in total. The van der Waals surface area contributed by atoms with Gasteiger partial charge in [-0.05, 0) is 56.9 Å². The van der Waals surface area contributed by atoms with Crippen LogP contribution in [-0.4, -0.2) is 34.4 Å². The SMILES string of the molecule is Cc1cccc(C(=O)N[C@@H]2CCC[C@@]3(CCN(c4ccc(F)cn4)C3=O)C2)n1. The molecule has 1 saturated heterocycles. The van der Waals surface area contributed by atoms with Gasteiger partial charge < -0.3 is 5.32 Å². The van der Waals surface area contributed by atoms with Crippen LogP contribution in [0.25, 0.3) is 0 Å². The Morgan fingerprint density at radius 3 is 2.89 bits per heavy atom. The summed E-state index contributed by atoms with van der Waals surface area (Å²) in [7, 11) is 0. The molecule has 1 spiro atoms. The van der Waals surface area contributed by atoms with Crippen molar-refractivity contribution >= 4 is 17.6 Å². The second-order valence-corrected chi connectivity index (χ2v) is 7.75. The fourth-order valence-corrected chi connectivity index (χ4v) is 4.40. The van der Waals surface area contributed by atoms with Gasteiger partial charge in [-0.15, -0.1) is 0 Å². The van der Waals surface area contributed by atoms with E-state index in [0.717, 1.165) is 37.6 Å². The van der Waals surface area contributed by atoms with E-state index in [1.165, 1.54) is 12.1 Å². The monoisotopic (exact) mass is 382 g/mol. The molecule has 0 aromatic carbocycles. The summed E-state index contributed by atoms with van der Waals surface area (Å²) in [5.74, 6) is -0.110. The number of halogens is 1. The third-order valence-electron chi connectivity index (χ3n) is 5.80. The average Bonchev–Trinajstić information content (AvgIpc) is 2.98. The van der Waals surface area contributed by atoms with Crippen LogP contribution in [0.2, 0.25) is 0 Å². The molecule has 3 heterocycles. The minimum Gasteiger partial charge on any atom is -0.348 e. The standard InChI is InChI=1S/C21H23FN4O2/c1-14-4-2-6-17(24-14)19(27)25-16-5-3-9-21(12-16)10-11-26(20(21)28)18-8-7-15(22)13-23-18/h2,4,6-8,13,16H,3,5,9-12H2,1H3,(H,25,27)/t16-,21-/m1/s1. The first-order chi connectivity index (χ1) is 13.5. The van der Waals surface area contributed by atoms with Crippen LogP contribution in [-0.2, 0) is 4.79 Å². The van der Waals surface area contributed by atoms with Crippen LogP contribution in [0.3, 0.4) is 0 Å². The van der Waals surface area contributed by atoms with Gasteiger partial charge in [0, 0.05) is 18.3 Å². The molecule has 28 heavy (non-hydrogen) atoms. The van der Waals surface area contributed by atoms with E-state index in [9.17, 15) is 14.0 Å². The largest absolute Gasteiger partial charge is 0.348 e. The van der Waals surface area contributed by atoms with Crippen molar-refractivity contribution in [2.24, 2.45) is 5.41 Å². The summed E-state index contributed by atoms with van der Waals surface area (Å²) in [5, 5.41) is 3.06. The lowest BCUT2D eigenvalue weighted by atomic mass is 9.71. The van der Waals surface area contributed by atoms with Crippen molar-refractivity contribution in [1.82, 2.24) is 15.3 Å². The molecule has 1 aliphatic heterocycles. The van der Waals surface area contributed by atoms with Crippen LogP contribution in [0.4, 0.5) is 10.2 Å². The zero-order valence-corrected chi connectivity index (χ0v) is 15.8. The first-order valence-electron chi connectivity index (χ1n) is 9.65. The summed E-state index contributed by atoms with van der Waals surface area (Å²) in [5.41, 5.74) is 0.711. The first-order valence-corrected chi connectivity index (χ1v) is 9.65. The number of aromatic nitrogens is 2. The van der Waals surface area contributed by atoms with Crippen molar-refractivity contribution in [3.05, 3.63) is 53.7 Å². The molecule has 0 unspecified atom stereocenters. The molecule has 2 fully saturated rings. The lowest BCUT2D eigenvalue weighted by molar-refractivity contribution is -0.127. The Labute approximate surface area is 163 Å². The normalized spacial score (nSPS) is 24.6. The number of anilines is 1. The number of amides is 2. The van der Waals surface area contributed by atoms with Gasteiger partial charge in [0.2, 0.25) is 5.91 Å². The van der Waals surface area contributed by atoms with Crippen molar-refractivity contribution in [3.8, 4) is 0 Å². The average molecular weight is 382 g/mol. The second kappa shape index (κ2) is 7.30. The molecule has 4 rings (SSSR count). The van der Waals surface area contributed by atoms with Crippen LogP contribution in [0.5, 0.6) is 0 Å². The molecule has 1 aliphatic carbocycles. The molecule has 0 radical (unpaired) electrons. The van der Waals surface area contributed by atoms with Crippen LogP contribution < -0.4 is 10.2 Å². The fraction of sp³-hybridized carbons (Fsp3) is 0.429. The Balaban J connectivity index is 1.46. The van der Waals surface area contributed by atoms with Crippen molar-refractivity contribution in [2.75, 3.05) is 11.4 Å². The quantitative estimate of drug-likeness (QED) is 0.885. The maximum Gasteiger partial charge on any atom is 0.270 e. The Kier molecular flexibility index (Phi) is 4.83. The van der Waals surface area contributed by atoms with Gasteiger partial charge in [0.15, 0.2) is 0 Å². The fourth-order valence-electron chi connectivity index (χ4n) is 4.40. The van der Waals surface area contributed by atoms with Gasteiger partial charge in [-0.3, -0.25) is 14.5 Å². The molecular weight excluding hydrogens is 359 g/mol. The number of aryl methyl sites for hydroxylation is 1. The third kappa shape index (κ3) is 3.48. The van der Waals surface area contributed by atoms with Crippen molar-refractivity contribution < 1.29 is 14.0 Å². The Hall–Kier alpha value is -2.83. The van der Waals surface area contributed by atoms with Crippen molar-refractivity contribution in [1.29, 1.82) is 0 Å². The van der Waals surface area contributed by atoms with E-state index < -0.39 is 11.2 Å². The maximum atomic E-state index is 13.2. The predicted molar refractivity (Wildman–Crippen MR) is 102 cm³/mol. The highest BCUT2D eigenvalue weighted by Crippen LogP contribution is 2.45. The van der Waals surface area contributed by atoms with E-state index in [2.05, 4.69) is 15.3 Å². The topological polar surface area (TPSA) is 75.2 Å². The van der Waals surface area contributed by atoms with Gasteiger partial charge >= 0.3 is 0 Å². The summed E-state index contributed by atoms with van der Waals surface area (Å²) in [6, 6.07) is 8.16. The zero-order chi connectivity index (χ0) is 19.7. The van der Waals surface area contributed by atoms with E-state index >= 15 is 0 Å². The van der Waals surface area contributed by atoms with Gasteiger partial charge in [-0.1, -0.05) is 12.5 Å². The molecule has 0 bridgehead atoms. The number of hydrogen-bond acceptors (Lipinski definition) is 4. The highest BCUT2D eigenvalue weighted by Gasteiger charge is 2.50. The van der Waals surface area contributed by atoms with Gasteiger partial charge in [0.1, 0.15) is 17.3 Å². The van der Waals surface area contributed by atoms with Crippen molar-refractivity contribution in [3.63, 3.8) is 0 Å². The summed E-state index contributed by atoms with van der Waals surface area (Å²) in [4.78, 5) is 35.7. The predicted octanol–water partition coefficient (Wildman–Crippen LogP) is 3.02. The minimum atomic E-state index is -0.480. The van der Waals surface area contributed by atoms with Crippen LogP contribution in [0, 0.1) is 18.2 Å². The third-order valence-corrected chi connectivity index (χ3v) is 5.80. The molecule has 146 valence electrons. The first kappa shape index (κ1) is 18.5. The van der Waals surface area contributed by atoms with Crippen LogP contribution in [0.1, 0.15) is 48.3 Å². The number of rotatable bonds is 3. The van der Waals surface area contributed by atoms with Gasteiger partial charge in [-0.2, -0.15) is 0 Å². The van der Waals surface area contributed by atoms with E-state index in [4.69, 9.17) is 0 Å². The van der Waals surface area contributed by atoms with E-state index in [1.807, 2.05) is 19.1 Å². The number of carbonyl (C=O) groups excluding carboxylic acids is 2. The summed E-state index contributed by atoms with van der Waals surface area (Å²) < 4.78 is 13.1. The van der Waals surface area contributed by atoms with Gasteiger partial charge in [0.05, 0.1) is 11.6 Å². The number of pyridine rings is 2. The summed E-state index contributed by atoms with van der Waals surface area (Å²) in [6.07, 6.45) is 5.00. The van der Waals surface area contributed by atoms with E-state index in [-0.39, 0.29) is 17.9 Å². The lowest BCUT2D eigenvalue weighted by Gasteiger charge is -2.36. The molecule has 2 aliphatic rings. The molecule has 2 aromatic heterocycles. The number of carbonyl (C=O) groups is 2. The number of nitrogens with zero attached hydrogens (tertiary/aromatic N) is 3. The molecular formula is C21H23FN4O2. The summed E-state index contributed by atoms with van der Waals surface area (Å²) >= 11 is 0. The highest BCUT2D eigenvalue weighted by molar-refractivity contribution is 5.99. The molecule has 2 amide bonds. The molecule has 1 N–H and O–H groups in total. The van der Waals surface area contributed by atoms with Crippen LogP contribution in [0.15, 0.2) is 36.5 Å². The second-order valence-electron chi connectivity index (χ2n) is 7.75. The molecule has 7 heteroatoms. The smallest absolute Gasteiger partial charge is 0.270 e. The van der Waals surface area contributed by atoms with E-state index in [0.29, 0.717) is 24.5 Å². The Morgan fingerprint density at radius 1 is 1.29 bits per heavy atom. The number of nitrogens with one attached hydrogen (secondary N) is 1. The van der Waals surface area contributed by atoms with Gasteiger partial charge in [0.25, 0.3) is 5.91 Å². The molecule has 2 atom stereocenters. The minimum absolute atomic E-state index is 0.0271. The maximum absolute atomic E-state index is 13.2. The molecule has 1 saturated carbocycles. The summed E-state index contributed by atoms with van der Waals surface area (Å²) in [6.45, 7) is 2.42. The van der Waals surface area contributed by atoms with E-state index in [1.54, 1.807) is 11.0 Å². The number of hydrogen-bond donors (Lipinski definition) is 1. The zero-order valence-electron chi connectivity index (χ0n) is 15.8. The van der Waals surface area contributed by atoms with Crippen molar-refractivity contribution in [2.45, 2.75) is 45.1 Å². The Bertz CT molecular complexity index is 902. The highest BCUT2D eigenvalue weighted by atomic mass is 19.1. The lowest BCUT2D eigenvalue weighted by Crippen LogP contribution is -2.46. The van der Waals surface area contributed by atoms with Gasteiger partial charge in [-0.25, -0.2) is 14.4 Å². The van der Waals surface area contributed by atoms with Crippen LogP contribution >= 0.6 is 0 Å². The Morgan fingerprint density at radius 2 is 2.14 bits per heavy atom. The molecule has 2 aromatic rings.